The Morgan fingerprint density at radius 1 is 1.40 bits per heavy atom. The van der Waals surface area contributed by atoms with Crippen LogP contribution in [0.5, 0.6) is 11.6 Å². The molecule has 78 valence electrons. The fourth-order valence-electron chi connectivity index (χ4n) is 1.19. The van der Waals surface area contributed by atoms with Gasteiger partial charge in [-0.15, -0.1) is 5.10 Å². The SMILES string of the molecule is CCn1nncc1Oc1ccccc1Br. The van der Waals surface area contributed by atoms with Crippen molar-refractivity contribution in [1.29, 1.82) is 0 Å². The van der Waals surface area contributed by atoms with E-state index < -0.39 is 0 Å². The number of para-hydroxylation sites is 1. The molecule has 0 aliphatic rings. The number of aryl methyl sites for hydroxylation is 1. The van der Waals surface area contributed by atoms with Gasteiger partial charge in [0.25, 0.3) is 0 Å². The molecule has 0 aliphatic carbocycles. The lowest BCUT2D eigenvalue weighted by atomic mass is 10.3. The van der Waals surface area contributed by atoms with Crippen LogP contribution in [0.25, 0.3) is 0 Å². The highest BCUT2D eigenvalue weighted by molar-refractivity contribution is 9.10. The van der Waals surface area contributed by atoms with Crippen LogP contribution in [0.3, 0.4) is 0 Å². The maximum absolute atomic E-state index is 5.66. The molecule has 0 aliphatic heterocycles. The molecule has 0 radical (unpaired) electrons. The first-order chi connectivity index (χ1) is 7.31. The molecule has 0 unspecified atom stereocenters. The Balaban J connectivity index is 2.26. The van der Waals surface area contributed by atoms with Gasteiger partial charge in [-0.2, -0.15) is 0 Å². The summed E-state index contributed by atoms with van der Waals surface area (Å²) in [6, 6.07) is 7.67. The van der Waals surface area contributed by atoms with Crippen LogP contribution in [0.4, 0.5) is 0 Å². The number of ether oxygens (including phenoxy) is 1. The maximum Gasteiger partial charge on any atom is 0.238 e. The van der Waals surface area contributed by atoms with Crippen molar-refractivity contribution >= 4 is 15.9 Å². The van der Waals surface area contributed by atoms with E-state index in [1.165, 1.54) is 0 Å². The minimum Gasteiger partial charge on any atom is -0.436 e. The Kier molecular flexibility index (Phi) is 3.01. The highest BCUT2D eigenvalue weighted by atomic mass is 79.9. The molecule has 2 aromatic rings. The molecule has 0 bridgehead atoms. The maximum atomic E-state index is 5.66. The molecule has 0 spiro atoms. The Bertz CT molecular complexity index is 455. The van der Waals surface area contributed by atoms with Crippen molar-refractivity contribution in [1.82, 2.24) is 15.0 Å². The lowest BCUT2D eigenvalue weighted by Crippen LogP contribution is -1.99. The number of halogens is 1. The molecule has 1 heterocycles. The normalized spacial score (nSPS) is 10.3. The number of nitrogens with zero attached hydrogens (tertiary/aromatic N) is 3. The third-order valence-corrected chi connectivity index (χ3v) is 2.59. The Morgan fingerprint density at radius 3 is 2.93 bits per heavy atom. The smallest absolute Gasteiger partial charge is 0.238 e. The van der Waals surface area contributed by atoms with Crippen LogP contribution >= 0.6 is 15.9 Å². The summed E-state index contributed by atoms with van der Waals surface area (Å²) in [5, 5.41) is 7.68. The zero-order valence-electron chi connectivity index (χ0n) is 8.22. The predicted molar refractivity (Wildman–Crippen MR) is 59.9 cm³/mol. The zero-order valence-corrected chi connectivity index (χ0v) is 9.81. The molecule has 0 amide bonds. The standard InChI is InChI=1S/C10H10BrN3O/c1-2-14-10(7-12-13-14)15-9-6-4-3-5-8(9)11/h3-7H,2H2,1H3. The van der Waals surface area contributed by atoms with Crippen molar-refractivity contribution in [3.05, 3.63) is 34.9 Å². The second-order valence-corrected chi connectivity index (χ2v) is 3.77. The summed E-state index contributed by atoms with van der Waals surface area (Å²) in [5.41, 5.74) is 0. The molecule has 1 aromatic carbocycles. The molecule has 1 aromatic heterocycles. The summed E-state index contributed by atoms with van der Waals surface area (Å²) in [6.45, 7) is 2.72. The molecule has 2 rings (SSSR count). The van der Waals surface area contributed by atoms with E-state index in [-0.39, 0.29) is 0 Å². The molecule has 4 nitrogen and oxygen atoms in total. The second kappa shape index (κ2) is 4.44. The molecule has 0 N–H and O–H groups in total. The van der Waals surface area contributed by atoms with Crippen molar-refractivity contribution in [2.75, 3.05) is 0 Å². The quantitative estimate of drug-likeness (QED) is 0.859. The van der Waals surface area contributed by atoms with Crippen LogP contribution in [0.2, 0.25) is 0 Å². The summed E-state index contributed by atoms with van der Waals surface area (Å²) in [7, 11) is 0. The Morgan fingerprint density at radius 2 is 2.20 bits per heavy atom. The molecule has 0 saturated carbocycles. The summed E-state index contributed by atoms with van der Waals surface area (Å²) in [6.07, 6.45) is 1.60. The molecule has 0 saturated heterocycles. The molecule has 0 fully saturated rings. The average Bonchev–Trinajstić information content (AvgIpc) is 2.69. The number of hydrogen-bond acceptors (Lipinski definition) is 3. The van der Waals surface area contributed by atoms with Crippen LogP contribution in [0, 0.1) is 0 Å². The Hall–Kier alpha value is -1.36. The highest BCUT2D eigenvalue weighted by Crippen LogP contribution is 2.28. The van der Waals surface area contributed by atoms with Crippen LogP contribution in [-0.4, -0.2) is 15.0 Å². The van der Waals surface area contributed by atoms with Crippen LogP contribution in [0.15, 0.2) is 34.9 Å². The van der Waals surface area contributed by atoms with Gasteiger partial charge in [0.05, 0.1) is 4.47 Å². The van der Waals surface area contributed by atoms with Crippen LogP contribution in [-0.2, 0) is 6.54 Å². The number of hydrogen-bond donors (Lipinski definition) is 0. The first kappa shape index (κ1) is 10.2. The van der Waals surface area contributed by atoms with Crippen molar-refractivity contribution in [3.8, 4) is 11.6 Å². The minimum atomic E-state index is 0.643. The molecule has 0 atom stereocenters. The second-order valence-electron chi connectivity index (χ2n) is 2.92. The first-order valence-corrected chi connectivity index (χ1v) is 5.41. The predicted octanol–water partition coefficient (Wildman–Crippen LogP) is 2.85. The first-order valence-electron chi connectivity index (χ1n) is 4.62. The lowest BCUT2D eigenvalue weighted by molar-refractivity contribution is 0.413. The summed E-state index contributed by atoms with van der Waals surface area (Å²) < 4.78 is 8.27. The highest BCUT2D eigenvalue weighted by Gasteiger charge is 2.06. The van der Waals surface area contributed by atoms with Gasteiger partial charge in [0, 0.05) is 6.54 Å². The van der Waals surface area contributed by atoms with Gasteiger partial charge in [0.1, 0.15) is 11.9 Å². The van der Waals surface area contributed by atoms with Gasteiger partial charge in [-0.3, -0.25) is 0 Å². The van der Waals surface area contributed by atoms with Crippen molar-refractivity contribution < 1.29 is 4.74 Å². The average molecular weight is 268 g/mol. The van der Waals surface area contributed by atoms with Gasteiger partial charge in [-0.05, 0) is 35.0 Å². The van der Waals surface area contributed by atoms with E-state index in [2.05, 4.69) is 26.2 Å². The van der Waals surface area contributed by atoms with E-state index in [4.69, 9.17) is 4.74 Å². The monoisotopic (exact) mass is 267 g/mol. The molecular weight excluding hydrogens is 258 g/mol. The summed E-state index contributed by atoms with van der Waals surface area (Å²) >= 11 is 3.41. The van der Waals surface area contributed by atoms with E-state index >= 15 is 0 Å². The number of aromatic nitrogens is 3. The topological polar surface area (TPSA) is 39.9 Å². The number of rotatable bonds is 3. The largest absolute Gasteiger partial charge is 0.436 e. The van der Waals surface area contributed by atoms with Gasteiger partial charge in [0.15, 0.2) is 0 Å². The minimum absolute atomic E-state index is 0.643. The number of benzene rings is 1. The summed E-state index contributed by atoms with van der Waals surface area (Å²) in [5.74, 6) is 1.40. The molecule has 15 heavy (non-hydrogen) atoms. The Labute approximate surface area is 96.0 Å². The van der Waals surface area contributed by atoms with Gasteiger partial charge in [-0.1, -0.05) is 17.3 Å². The van der Waals surface area contributed by atoms with Gasteiger partial charge < -0.3 is 4.74 Å². The zero-order chi connectivity index (χ0) is 10.7. The summed E-state index contributed by atoms with van der Waals surface area (Å²) in [4.78, 5) is 0. The fraction of sp³-hybridized carbons (Fsp3) is 0.200. The van der Waals surface area contributed by atoms with E-state index in [0.29, 0.717) is 5.88 Å². The van der Waals surface area contributed by atoms with Crippen molar-refractivity contribution in [2.24, 2.45) is 0 Å². The van der Waals surface area contributed by atoms with Crippen LogP contribution in [0.1, 0.15) is 6.92 Å². The van der Waals surface area contributed by atoms with E-state index in [0.717, 1.165) is 16.8 Å². The van der Waals surface area contributed by atoms with Crippen molar-refractivity contribution in [2.45, 2.75) is 13.5 Å². The fourth-order valence-corrected chi connectivity index (χ4v) is 1.55. The van der Waals surface area contributed by atoms with Gasteiger partial charge in [-0.25, -0.2) is 4.68 Å². The van der Waals surface area contributed by atoms with Crippen LogP contribution < -0.4 is 4.74 Å². The van der Waals surface area contributed by atoms with Gasteiger partial charge in [0.2, 0.25) is 5.88 Å². The molecular formula is C10H10BrN3O. The lowest BCUT2D eigenvalue weighted by Gasteiger charge is -2.07. The molecule has 5 heteroatoms. The van der Waals surface area contributed by atoms with E-state index in [1.807, 2.05) is 31.2 Å². The third-order valence-electron chi connectivity index (χ3n) is 1.93. The van der Waals surface area contributed by atoms with E-state index in [1.54, 1.807) is 10.9 Å². The van der Waals surface area contributed by atoms with Gasteiger partial charge >= 0.3 is 0 Å². The third kappa shape index (κ3) is 2.18. The van der Waals surface area contributed by atoms with E-state index in [9.17, 15) is 0 Å². The van der Waals surface area contributed by atoms with Crippen molar-refractivity contribution in [3.63, 3.8) is 0 Å².